The lowest BCUT2D eigenvalue weighted by molar-refractivity contribution is -0.0402. The van der Waals surface area contributed by atoms with Gasteiger partial charge in [0.25, 0.3) is 5.91 Å². The number of rotatable bonds is 3. The summed E-state index contributed by atoms with van der Waals surface area (Å²) in [5.41, 5.74) is 0.537. The van der Waals surface area contributed by atoms with Crippen LogP contribution in [0.1, 0.15) is 10.4 Å². The molecule has 1 aromatic carbocycles. The van der Waals surface area contributed by atoms with Crippen molar-refractivity contribution in [1.82, 2.24) is 9.80 Å². The molecule has 2 aliphatic heterocycles. The zero-order chi connectivity index (χ0) is 14.1. The topological polar surface area (TPSA) is 49.9 Å². The van der Waals surface area contributed by atoms with E-state index in [1.54, 1.807) is 29.2 Å². The summed E-state index contributed by atoms with van der Waals surface area (Å²) in [6.45, 7) is 3.18. The Balaban J connectivity index is 1.66. The van der Waals surface area contributed by atoms with Crippen LogP contribution in [0.25, 0.3) is 0 Å². The largest absolute Gasteiger partial charge is 0.381 e. The Labute approximate surface area is 125 Å². The average molecular weight is 339 g/mol. The maximum atomic E-state index is 12.3. The van der Waals surface area contributed by atoms with Crippen molar-refractivity contribution in [1.29, 1.82) is 0 Å². The number of ether oxygens (including phenoxy) is 1. The first-order chi connectivity index (χ1) is 9.65. The van der Waals surface area contributed by atoms with E-state index in [1.165, 1.54) is 4.90 Å². The third kappa shape index (κ3) is 2.58. The first-order valence-electron chi connectivity index (χ1n) is 6.59. The van der Waals surface area contributed by atoms with Crippen LogP contribution in [0.15, 0.2) is 28.7 Å². The number of hydrogen-bond donors (Lipinski definition) is 0. The molecule has 5 nitrogen and oxygen atoms in total. The zero-order valence-electron chi connectivity index (χ0n) is 10.9. The molecular weight excluding hydrogens is 324 g/mol. The summed E-state index contributed by atoms with van der Waals surface area (Å²) < 4.78 is 6.02. The zero-order valence-corrected chi connectivity index (χ0v) is 12.5. The molecule has 2 saturated heterocycles. The van der Waals surface area contributed by atoms with E-state index in [0.29, 0.717) is 44.3 Å². The first kappa shape index (κ1) is 13.6. The van der Waals surface area contributed by atoms with Crippen LogP contribution >= 0.6 is 15.9 Å². The molecule has 0 bridgehead atoms. The number of carbonyl (C=O) groups is 2. The van der Waals surface area contributed by atoms with Crippen molar-refractivity contribution < 1.29 is 14.3 Å². The van der Waals surface area contributed by atoms with E-state index in [9.17, 15) is 9.59 Å². The molecule has 20 heavy (non-hydrogen) atoms. The SMILES string of the molecule is O=C(c1ccc(Br)cc1)N1CCN(CC2COC2)C1=O. The van der Waals surface area contributed by atoms with Crippen molar-refractivity contribution >= 4 is 27.9 Å². The van der Waals surface area contributed by atoms with Gasteiger partial charge in [-0.15, -0.1) is 0 Å². The maximum absolute atomic E-state index is 12.3. The summed E-state index contributed by atoms with van der Waals surface area (Å²) in [6.07, 6.45) is 0. The molecule has 2 aliphatic rings. The lowest BCUT2D eigenvalue weighted by Gasteiger charge is -2.29. The molecule has 2 heterocycles. The predicted octanol–water partition coefficient (Wildman–Crippen LogP) is 1.97. The molecule has 0 spiro atoms. The van der Waals surface area contributed by atoms with Gasteiger partial charge in [-0.2, -0.15) is 0 Å². The minimum Gasteiger partial charge on any atom is -0.381 e. The number of carbonyl (C=O) groups excluding carboxylic acids is 2. The van der Waals surface area contributed by atoms with Crippen LogP contribution in [0, 0.1) is 5.92 Å². The van der Waals surface area contributed by atoms with Gasteiger partial charge < -0.3 is 9.64 Å². The Morgan fingerprint density at radius 1 is 1.25 bits per heavy atom. The van der Waals surface area contributed by atoms with Crippen LogP contribution in [-0.4, -0.2) is 54.6 Å². The quantitative estimate of drug-likeness (QED) is 0.846. The second-order valence-corrected chi connectivity index (χ2v) is 6.01. The molecule has 2 fully saturated rings. The molecule has 0 aliphatic carbocycles. The van der Waals surface area contributed by atoms with E-state index >= 15 is 0 Å². The minimum absolute atomic E-state index is 0.190. The molecule has 0 radical (unpaired) electrons. The number of amides is 3. The van der Waals surface area contributed by atoms with E-state index in [4.69, 9.17) is 4.74 Å². The first-order valence-corrected chi connectivity index (χ1v) is 7.38. The van der Waals surface area contributed by atoms with E-state index in [1.807, 2.05) is 0 Å². The molecule has 0 aromatic heterocycles. The molecule has 0 atom stereocenters. The summed E-state index contributed by atoms with van der Waals surface area (Å²) in [4.78, 5) is 27.6. The highest BCUT2D eigenvalue weighted by atomic mass is 79.9. The molecule has 106 valence electrons. The van der Waals surface area contributed by atoms with Gasteiger partial charge in [-0.25, -0.2) is 4.79 Å². The highest BCUT2D eigenvalue weighted by Crippen LogP contribution is 2.19. The van der Waals surface area contributed by atoms with Gasteiger partial charge in [-0.05, 0) is 24.3 Å². The Morgan fingerprint density at radius 2 is 1.95 bits per heavy atom. The smallest absolute Gasteiger partial charge is 0.327 e. The lowest BCUT2D eigenvalue weighted by atomic mass is 10.1. The number of halogens is 1. The average Bonchev–Trinajstić information content (AvgIpc) is 2.75. The molecule has 0 saturated carbocycles. The third-order valence-electron chi connectivity index (χ3n) is 3.62. The number of nitrogens with zero attached hydrogens (tertiary/aromatic N) is 2. The van der Waals surface area contributed by atoms with Gasteiger partial charge >= 0.3 is 6.03 Å². The van der Waals surface area contributed by atoms with Gasteiger partial charge in [-0.1, -0.05) is 15.9 Å². The Kier molecular flexibility index (Phi) is 3.76. The van der Waals surface area contributed by atoms with Crippen molar-refractivity contribution in [3.63, 3.8) is 0 Å². The van der Waals surface area contributed by atoms with Crippen LogP contribution in [0.5, 0.6) is 0 Å². The predicted molar refractivity (Wildman–Crippen MR) is 76.5 cm³/mol. The van der Waals surface area contributed by atoms with Crippen molar-refractivity contribution in [2.45, 2.75) is 0 Å². The van der Waals surface area contributed by atoms with Crippen molar-refractivity contribution in [2.24, 2.45) is 5.92 Å². The fraction of sp³-hybridized carbons (Fsp3) is 0.429. The van der Waals surface area contributed by atoms with Crippen LogP contribution in [0.3, 0.4) is 0 Å². The van der Waals surface area contributed by atoms with Crippen molar-refractivity contribution in [3.8, 4) is 0 Å². The fourth-order valence-corrected chi connectivity index (χ4v) is 2.65. The van der Waals surface area contributed by atoms with Crippen molar-refractivity contribution in [2.75, 3.05) is 32.8 Å². The second-order valence-electron chi connectivity index (χ2n) is 5.10. The normalized spacial score (nSPS) is 19.4. The lowest BCUT2D eigenvalue weighted by Crippen LogP contribution is -2.42. The molecule has 3 rings (SSSR count). The van der Waals surface area contributed by atoms with Crippen LogP contribution in [0.4, 0.5) is 4.79 Å². The number of imide groups is 1. The Hall–Kier alpha value is -1.40. The number of benzene rings is 1. The van der Waals surface area contributed by atoms with Gasteiger partial charge in [0.1, 0.15) is 0 Å². The minimum atomic E-state index is -0.227. The van der Waals surface area contributed by atoms with Gasteiger partial charge in [0.05, 0.1) is 13.2 Å². The second kappa shape index (κ2) is 5.54. The third-order valence-corrected chi connectivity index (χ3v) is 4.15. The van der Waals surface area contributed by atoms with E-state index in [-0.39, 0.29) is 11.9 Å². The summed E-state index contributed by atoms with van der Waals surface area (Å²) >= 11 is 3.33. The van der Waals surface area contributed by atoms with Crippen LogP contribution < -0.4 is 0 Å². The van der Waals surface area contributed by atoms with Gasteiger partial charge in [0.15, 0.2) is 0 Å². The fourth-order valence-electron chi connectivity index (χ4n) is 2.39. The van der Waals surface area contributed by atoms with Gasteiger partial charge in [0.2, 0.25) is 0 Å². The number of hydrogen-bond acceptors (Lipinski definition) is 3. The summed E-state index contributed by atoms with van der Waals surface area (Å²) in [6, 6.07) is 6.86. The highest BCUT2D eigenvalue weighted by Gasteiger charge is 2.35. The standard InChI is InChI=1S/C14H15BrN2O3/c15-12-3-1-11(2-4-12)13(18)17-6-5-16(14(17)19)7-10-8-20-9-10/h1-4,10H,5-9H2. The van der Waals surface area contributed by atoms with Gasteiger partial charge in [0, 0.05) is 35.6 Å². The highest BCUT2D eigenvalue weighted by molar-refractivity contribution is 9.10. The van der Waals surface area contributed by atoms with E-state index in [2.05, 4.69) is 15.9 Å². The molecule has 1 aromatic rings. The van der Waals surface area contributed by atoms with E-state index in [0.717, 1.165) is 4.47 Å². The number of urea groups is 1. The van der Waals surface area contributed by atoms with E-state index < -0.39 is 0 Å². The summed E-state index contributed by atoms with van der Waals surface area (Å²) in [5, 5.41) is 0. The van der Waals surface area contributed by atoms with Crippen LogP contribution in [0.2, 0.25) is 0 Å². The van der Waals surface area contributed by atoms with Crippen molar-refractivity contribution in [3.05, 3.63) is 34.3 Å². The molecular formula is C14H15BrN2O3. The Morgan fingerprint density at radius 3 is 2.55 bits per heavy atom. The monoisotopic (exact) mass is 338 g/mol. The summed E-state index contributed by atoms with van der Waals surface area (Å²) in [7, 11) is 0. The molecule has 6 heteroatoms. The molecule has 0 N–H and O–H groups in total. The molecule has 3 amide bonds. The summed E-state index contributed by atoms with van der Waals surface area (Å²) in [5.74, 6) is 0.191. The van der Waals surface area contributed by atoms with Crippen LogP contribution in [-0.2, 0) is 4.74 Å². The molecule has 0 unspecified atom stereocenters. The maximum Gasteiger partial charge on any atom is 0.327 e. The Bertz CT molecular complexity index is 528. The van der Waals surface area contributed by atoms with Gasteiger partial charge in [-0.3, -0.25) is 9.69 Å².